The van der Waals surface area contributed by atoms with E-state index in [1.165, 1.54) is 8.65 Å². The first-order valence-corrected chi connectivity index (χ1v) is 18.4. The van der Waals surface area contributed by atoms with Gasteiger partial charge in [-0.3, -0.25) is 0 Å². The van der Waals surface area contributed by atoms with Crippen LogP contribution in [-0.4, -0.2) is 32.4 Å². The standard InChI is InChI=1S/C38H72N4Se/c1-31(2,3)25-35(13,14)39-21-22-40(36(15,16)26-32(4,5)6)29(39)43-30-41(37(17,18)27-33(7,8)9)23-24-42(30)38(19,20)28-34(10,11)12/h21-24H,25-28H2,1-20H3. The summed E-state index contributed by atoms with van der Waals surface area (Å²) in [6, 6.07) is 0. The van der Waals surface area contributed by atoms with E-state index in [-0.39, 0.29) is 57.9 Å². The number of hydrogen-bond donors (Lipinski definition) is 0. The van der Waals surface area contributed by atoms with Crippen LogP contribution in [0.5, 0.6) is 0 Å². The first-order valence-electron chi connectivity index (χ1n) is 16.7. The molecule has 0 aliphatic heterocycles. The predicted octanol–water partition coefficient (Wildman–Crippen LogP) is 11.0. The maximum absolute atomic E-state index is 2.65. The van der Waals surface area contributed by atoms with Crippen molar-refractivity contribution in [3.63, 3.8) is 0 Å². The Bertz CT molecular complexity index is 1180. The molecule has 0 bridgehead atoms. The van der Waals surface area contributed by atoms with E-state index < -0.39 is 0 Å². The monoisotopic (exact) mass is 664 g/mol. The number of hydrogen-bond acceptors (Lipinski definition) is 0. The van der Waals surface area contributed by atoms with Crippen molar-refractivity contribution in [1.82, 2.24) is 18.3 Å². The van der Waals surface area contributed by atoms with Gasteiger partial charge in [0.25, 0.3) is 0 Å². The van der Waals surface area contributed by atoms with Gasteiger partial charge in [0, 0.05) is 0 Å². The van der Waals surface area contributed by atoms with E-state index in [9.17, 15) is 0 Å². The van der Waals surface area contributed by atoms with Crippen LogP contribution in [0.3, 0.4) is 0 Å². The summed E-state index contributed by atoms with van der Waals surface area (Å²) in [5.74, 6) is 0. The molecule has 2 heterocycles. The zero-order valence-electron chi connectivity index (χ0n) is 32.3. The Morgan fingerprint density at radius 3 is 0.651 bits per heavy atom. The van der Waals surface area contributed by atoms with Crippen LogP contribution in [0.2, 0.25) is 0 Å². The fourth-order valence-corrected chi connectivity index (χ4v) is 12.2. The van der Waals surface area contributed by atoms with Crippen molar-refractivity contribution in [3.8, 4) is 0 Å². The molecule has 0 saturated carbocycles. The molecule has 0 atom stereocenters. The van der Waals surface area contributed by atoms with Crippen molar-refractivity contribution in [2.24, 2.45) is 21.7 Å². The van der Waals surface area contributed by atoms with Crippen molar-refractivity contribution in [2.45, 2.75) is 186 Å². The average molecular weight is 664 g/mol. The van der Waals surface area contributed by atoms with Crippen LogP contribution in [-0.2, 0) is 22.2 Å². The van der Waals surface area contributed by atoms with Crippen molar-refractivity contribution in [2.75, 3.05) is 0 Å². The average Bonchev–Trinajstić information content (AvgIpc) is 3.26. The van der Waals surface area contributed by atoms with Crippen molar-refractivity contribution < 1.29 is 0 Å². The molecule has 0 unspecified atom stereocenters. The Balaban J connectivity index is 3.29. The number of rotatable bonds is 8. The second-order valence-electron chi connectivity index (χ2n) is 20.9. The third kappa shape index (κ3) is 10.5. The van der Waals surface area contributed by atoms with Gasteiger partial charge >= 0.3 is 274 Å². The third-order valence-corrected chi connectivity index (χ3v) is 10.6. The molecule has 5 heteroatoms. The van der Waals surface area contributed by atoms with Gasteiger partial charge in [-0.05, 0) is 0 Å². The first-order chi connectivity index (χ1) is 18.8. The van der Waals surface area contributed by atoms with Gasteiger partial charge in [0.05, 0.1) is 0 Å². The molecular formula is C38H72N4Se. The zero-order chi connectivity index (χ0) is 33.8. The summed E-state index contributed by atoms with van der Waals surface area (Å²) in [5, 5.41) is 0. The van der Waals surface area contributed by atoms with Crippen molar-refractivity contribution >= 4 is 14.1 Å². The number of imidazole rings is 2. The van der Waals surface area contributed by atoms with Gasteiger partial charge in [-0.2, -0.15) is 0 Å². The molecule has 2 aromatic heterocycles. The molecule has 250 valence electrons. The van der Waals surface area contributed by atoms with Crippen LogP contribution in [0.4, 0.5) is 0 Å². The number of aromatic nitrogens is 4. The SMILES string of the molecule is CC(C)(C)CC(C)(C)n1ccn(C(C)(C)CC(C)(C)C)c1=[Se]=c1n(C(C)(C)CC(C)(C)C)ccn1C(C)(C)CC(C)(C)C. The van der Waals surface area contributed by atoms with Crippen LogP contribution in [0.1, 0.15) is 164 Å². The summed E-state index contributed by atoms with van der Waals surface area (Å²) in [4.78, 5) is 0. The summed E-state index contributed by atoms with van der Waals surface area (Å²) in [5.41, 5.74) is 0.872. The van der Waals surface area contributed by atoms with Gasteiger partial charge in [0.2, 0.25) is 0 Å². The molecule has 0 amide bonds. The molecule has 0 spiro atoms. The van der Waals surface area contributed by atoms with E-state index in [1.807, 2.05) is 0 Å². The normalized spacial score (nSPS) is 14.9. The minimum atomic E-state index is -0.0114. The molecule has 2 aromatic rings. The van der Waals surface area contributed by atoms with E-state index in [0.717, 1.165) is 25.7 Å². The summed E-state index contributed by atoms with van der Waals surface area (Å²) in [7, 11) is 0. The number of nitrogens with zero attached hydrogens (tertiary/aromatic N) is 4. The Kier molecular flexibility index (Phi) is 10.6. The predicted molar refractivity (Wildman–Crippen MR) is 191 cm³/mol. The second-order valence-corrected chi connectivity index (χ2v) is 22.9. The zero-order valence-corrected chi connectivity index (χ0v) is 34.0. The maximum atomic E-state index is 2.65. The van der Waals surface area contributed by atoms with Gasteiger partial charge in [-0.15, -0.1) is 0 Å². The van der Waals surface area contributed by atoms with Gasteiger partial charge in [-0.25, -0.2) is 0 Å². The van der Waals surface area contributed by atoms with Crippen LogP contribution < -0.4 is 0 Å². The molecule has 0 aliphatic carbocycles. The quantitative estimate of drug-likeness (QED) is 0.251. The van der Waals surface area contributed by atoms with Crippen molar-refractivity contribution in [1.29, 1.82) is 0 Å². The molecule has 0 N–H and O–H groups in total. The fourth-order valence-electron chi connectivity index (χ4n) is 8.41. The molecule has 2 rings (SSSR count). The summed E-state index contributed by atoms with van der Waals surface area (Å²) in [6.45, 7) is 48.1. The van der Waals surface area contributed by atoms with Crippen LogP contribution >= 0.6 is 0 Å². The van der Waals surface area contributed by atoms with Crippen LogP contribution in [0.15, 0.2) is 24.8 Å². The summed E-state index contributed by atoms with van der Waals surface area (Å²) >= 11 is 0.0572. The molecular weight excluding hydrogens is 591 g/mol. The van der Waals surface area contributed by atoms with Crippen LogP contribution in [0, 0.1) is 30.3 Å². The third-order valence-electron chi connectivity index (χ3n) is 8.20. The molecule has 43 heavy (non-hydrogen) atoms. The Morgan fingerprint density at radius 2 is 0.512 bits per heavy atom. The second kappa shape index (κ2) is 11.9. The Labute approximate surface area is 272 Å². The van der Waals surface area contributed by atoms with E-state index >= 15 is 0 Å². The summed E-state index contributed by atoms with van der Waals surface area (Å²) < 4.78 is 13.5. The summed E-state index contributed by atoms with van der Waals surface area (Å²) in [6.07, 6.45) is 14.0. The molecule has 0 fully saturated rings. The molecule has 0 saturated heterocycles. The van der Waals surface area contributed by atoms with Gasteiger partial charge < -0.3 is 0 Å². The molecule has 0 aliphatic rings. The minimum absolute atomic E-state index is 0.0114. The topological polar surface area (TPSA) is 19.7 Å². The van der Waals surface area contributed by atoms with E-state index in [1.54, 1.807) is 0 Å². The first kappa shape index (κ1) is 38.1. The molecule has 4 nitrogen and oxygen atoms in total. The molecule has 0 radical (unpaired) electrons. The fraction of sp³-hybridized carbons (Fsp3) is 0.842. The van der Waals surface area contributed by atoms with E-state index in [2.05, 4.69) is 182 Å². The van der Waals surface area contributed by atoms with Gasteiger partial charge in [0.1, 0.15) is 0 Å². The molecule has 0 aromatic carbocycles. The van der Waals surface area contributed by atoms with Gasteiger partial charge in [-0.1, -0.05) is 0 Å². The van der Waals surface area contributed by atoms with E-state index in [4.69, 9.17) is 0 Å². The Morgan fingerprint density at radius 1 is 0.349 bits per heavy atom. The van der Waals surface area contributed by atoms with E-state index in [0.29, 0.717) is 0 Å². The van der Waals surface area contributed by atoms with Gasteiger partial charge in [0.15, 0.2) is 0 Å². The Hall–Kier alpha value is -1.06. The van der Waals surface area contributed by atoms with Crippen molar-refractivity contribution in [3.05, 3.63) is 33.4 Å². The van der Waals surface area contributed by atoms with Crippen LogP contribution in [0.25, 0.3) is 0 Å².